The van der Waals surface area contributed by atoms with Crippen LogP contribution in [-0.2, 0) is 19.6 Å². The summed E-state index contributed by atoms with van der Waals surface area (Å²) < 4.78 is 40.6. The van der Waals surface area contributed by atoms with Gasteiger partial charge in [0, 0.05) is 36.8 Å². The molecule has 32 heavy (non-hydrogen) atoms. The summed E-state index contributed by atoms with van der Waals surface area (Å²) >= 11 is 0. The first kappa shape index (κ1) is 23.9. The average molecular weight is 462 g/mol. The van der Waals surface area contributed by atoms with Crippen molar-refractivity contribution >= 4 is 33.2 Å². The van der Waals surface area contributed by atoms with Gasteiger partial charge in [-0.2, -0.15) is 4.31 Å². The summed E-state index contributed by atoms with van der Waals surface area (Å²) in [6.07, 6.45) is 1.13. The van der Waals surface area contributed by atoms with E-state index in [1.807, 2.05) is 13.8 Å². The van der Waals surface area contributed by atoms with Crippen LogP contribution in [0.1, 0.15) is 33.1 Å². The molecule has 0 spiro atoms. The minimum atomic E-state index is -3.93. The van der Waals surface area contributed by atoms with Gasteiger partial charge >= 0.3 is 0 Å². The van der Waals surface area contributed by atoms with Crippen LogP contribution in [0.3, 0.4) is 0 Å². The Bertz CT molecular complexity index is 1060. The second-order valence-corrected chi connectivity index (χ2v) is 10.2. The molecule has 2 aromatic carbocycles. The van der Waals surface area contributed by atoms with Crippen LogP contribution < -0.4 is 10.6 Å². The Balaban J connectivity index is 1.53. The molecular weight excluding hydrogens is 433 g/mol. The molecule has 2 N–H and O–H groups in total. The van der Waals surface area contributed by atoms with Gasteiger partial charge in [0.25, 0.3) is 0 Å². The number of benzene rings is 2. The Kier molecular flexibility index (Phi) is 7.63. The number of rotatable bonds is 7. The van der Waals surface area contributed by atoms with Crippen LogP contribution in [0.5, 0.6) is 0 Å². The van der Waals surface area contributed by atoms with Gasteiger partial charge in [0.15, 0.2) is 0 Å². The summed E-state index contributed by atoms with van der Waals surface area (Å²) in [5.74, 6) is -1.11. The van der Waals surface area contributed by atoms with Crippen LogP contribution in [0.15, 0.2) is 53.4 Å². The molecule has 0 unspecified atom stereocenters. The summed E-state index contributed by atoms with van der Waals surface area (Å²) in [6.45, 7) is 4.24. The van der Waals surface area contributed by atoms with Crippen molar-refractivity contribution < 1.29 is 22.4 Å². The zero-order chi connectivity index (χ0) is 23.3. The minimum Gasteiger partial charge on any atom is -0.326 e. The summed E-state index contributed by atoms with van der Waals surface area (Å²) in [5.41, 5.74) is 1.25. The van der Waals surface area contributed by atoms with E-state index in [0.29, 0.717) is 30.6 Å². The Labute approximate surface area is 188 Å². The lowest BCUT2D eigenvalue weighted by atomic mass is 9.97. The summed E-state index contributed by atoms with van der Waals surface area (Å²) in [6, 6.07) is 12.1. The monoisotopic (exact) mass is 461 g/mol. The van der Waals surface area contributed by atoms with E-state index in [4.69, 9.17) is 0 Å². The molecule has 9 heteroatoms. The van der Waals surface area contributed by atoms with Crippen molar-refractivity contribution in [2.45, 2.75) is 38.0 Å². The molecule has 7 nitrogen and oxygen atoms in total. The smallest absolute Gasteiger partial charge is 0.245 e. The number of anilines is 2. The minimum absolute atomic E-state index is 0.0612. The number of carbonyl (C=O) groups is 2. The van der Waals surface area contributed by atoms with Crippen LogP contribution in [0.25, 0.3) is 0 Å². The fraction of sp³-hybridized carbons (Fsp3) is 0.391. The van der Waals surface area contributed by atoms with Crippen molar-refractivity contribution in [1.29, 1.82) is 0 Å². The lowest BCUT2D eigenvalue weighted by molar-refractivity contribution is -0.121. The standard InChI is InChI=1S/C23H28FN3O4S/c1-16(2)15-22(28)25-18-7-9-19(10-8-18)26-23(29)17-11-13-27(14-12-17)32(30,31)21-6-4-3-5-20(21)24/h3-10,16-17H,11-15H2,1-2H3,(H,25,28)(H,26,29). The van der Waals surface area contributed by atoms with Crippen LogP contribution in [0.4, 0.5) is 15.8 Å². The zero-order valence-corrected chi connectivity index (χ0v) is 19.0. The largest absolute Gasteiger partial charge is 0.326 e. The predicted octanol–water partition coefficient (Wildman–Crippen LogP) is 3.85. The number of nitrogens with one attached hydrogen (secondary N) is 2. The predicted molar refractivity (Wildman–Crippen MR) is 121 cm³/mol. The SMILES string of the molecule is CC(C)CC(=O)Nc1ccc(NC(=O)C2CCN(S(=O)(=O)c3ccccc3F)CC2)cc1. The summed E-state index contributed by atoms with van der Waals surface area (Å²) in [4.78, 5) is 24.1. The van der Waals surface area contributed by atoms with E-state index in [9.17, 15) is 22.4 Å². The van der Waals surface area contributed by atoms with Crippen LogP contribution in [0, 0.1) is 17.7 Å². The van der Waals surface area contributed by atoms with Crippen LogP contribution in [-0.4, -0.2) is 37.6 Å². The molecule has 172 valence electrons. The molecule has 1 aliphatic heterocycles. The van der Waals surface area contributed by atoms with Crippen molar-refractivity contribution in [1.82, 2.24) is 4.31 Å². The van der Waals surface area contributed by atoms with Gasteiger partial charge < -0.3 is 10.6 Å². The molecule has 0 saturated carbocycles. The second kappa shape index (κ2) is 10.2. The molecule has 2 amide bonds. The molecule has 0 aromatic heterocycles. The fourth-order valence-electron chi connectivity index (χ4n) is 3.62. The van der Waals surface area contributed by atoms with Crippen molar-refractivity contribution in [3.05, 3.63) is 54.3 Å². The number of hydrogen-bond donors (Lipinski definition) is 2. The van der Waals surface area contributed by atoms with Crippen LogP contribution >= 0.6 is 0 Å². The maximum Gasteiger partial charge on any atom is 0.245 e. The van der Waals surface area contributed by atoms with Gasteiger partial charge in [0.1, 0.15) is 10.7 Å². The molecule has 0 radical (unpaired) electrons. The topological polar surface area (TPSA) is 95.6 Å². The quantitative estimate of drug-likeness (QED) is 0.655. The Morgan fingerprint density at radius 1 is 1.00 bits per heavy atom. The Hall–Kier alpha value is -2.78. The molecule has 0 aliphatic carbocycles. The molecule has 3 rings (SSSR count). The molecule has 1 fully saturated rings. The van der Waals surface area contributed by atoms with Gasteiger partial charge in [0.2, 0.25) is 21.8 Å². The highest BCUT2D eigenvalue weighted by atomic mass is 32.2. The van der Waals surface area contributed by atoms with Crippen molar-refractivity contribution in [2.24, 2.45) is 11.8 Å². The first-order valence-corrected chi connectivity index (χ1v) is 12.1. The highest BCUT2D eigenvalue weighted by Crippen LogP contribution is 2.26. The van der Waals surface area contributed by atoms with E-state index in [-0.39, 0.29) is 41.6 Å². The normalized spacial score (nSPS) is 15.5. The Morgan fingerprint density at radius 3 is 2.12 bits per heavy atom. The van der Waals surface area contributed by atoms with E-state index in [0.717, 1.165) is 6.07 Å². The molecule has 1 saturated heterocycles. The van der Waals surface area contributed by atoms with E-state index < -0.39 is 15.8 Å². The highest BCUT2D eigenvalue weighted by Gasteiger charge is 2.33. The molecule has 1 aliphatic rings. The van der Waals surface area contributed by atoms with E-state index >= 15 is 0 Å². The number of nitrogens with zero attached hydrogens (tertiary/aromatic N) is 1. The lowest BCUT2D eigenvalue weighted by Crippen LogP contribution is -2.41. The first-order valence-electron chi connectivity index (χ1n) is 10.6. The second-order valence-electron chi connectivity index (χ2n) is 8.32. The number of carbonyl (C=O) groups excluding carboxylic acids is 2. The molecule has 1 heterocycles. The van der Waals surface area contributed by atoms with Gasteiger partial charge in [0.05, 0.1) is 0 Å². The third-order valence-electron chi connectivity index (χ3n) is 5.31. The number of sulfonamides is 1. The number of amides is 2. The first-order chi connectivity index (χ1) is 15.2. The number of halogens is 1. The molecule has 0 bridgehead atoms. The van der Waals surface area contributed by atoms with Gasteiger partial charge in [-0.15, -0.1) is 0 Å². The maximum atomic E-state index is 13.9. The summed E-state index contributed by atoms with van der Waals surface area (Å²) in [7, 11) is -3.93. The zero-order valence-electron chi connectivity index (χ0n) is 18.2. The van der Waals surface area contributed by atoms with E-state index in [1.165, 1.54) is 22.5 Å². The van der Waals surface area contributed by atoms with Gasteiger partial charge in [-0.05, 0) is 55.2 Å². The van der Waals surface area contributed by atoms with Gasteiger partial charge in [-0.1, -0.05) is 26.0 Å². The average Bonchev–Trinajstić information content (AvgIpc) is 2.75. The molecule has 2 aromatic rings. The van der Waals surface area contributed by atoms with Gasteiger partial charge in [-0.25, -0.2) is 12.8 Å². The third kappa shape index (κ3) is 5.92. The summed E-state index contributed by atoms with van der Waals surface area (Å²) in [5, 5.41) is 5.65. The van der Waals surface area contributed by atoms with E-state index in [2.05, 4.69) is 10.6 Å². The van der Waals surface area contributed by atoms with Crippen molar-refractivity contribution in [2.75, 3.05) is 23.7 Å². The van der Waals surface area contributed by atoms with Crippen molar-refractivity contribution in [3.8, 4) is 0 Å². The molecule has 0 atom stereocenters. The molecular formula is C23H28FN3O4S. The van der Waals surface area contributed by atoms with E-state index in [1.54, 1.807) is 24.3 Å². The maximum absolute atomic E-state index is 13.9. The Morgan fingerprint density at radius 2 is 1.56 bits per heavy atom. The highest BCUT2D eigenvalue weighted by molar-refractivity contribution is 7.89. The van der Waals surface area contributed by atoms with Crippen molar-refractivity contribution in [3.63, 3.8) is 0 Å². The number of hydrogen-bond acceptors (Lipinski definition) is 4. The van der Waals surface area contributed by atoms with Crippen LogP contribution in [0.2, 0.25) is 0 Å². The fourth-order valence-corrected chi connectivity index (χ4v) is 5.15. The number of piperidine rings is 1. The third-order valence-corrected chi connectivity index (χ3v) is 7.24. The van der Waals surface area contributed by atoms with Gasteiger partial charge in [-0.3, -0.25) is 9.59 Å². The lowest BCUT2D eigenvalue weighted by Gasteiger charge is -2.30.